The van der Waals surface area contributed by atoms with Crippen molar-refractivity contribution in [3.05, 3.63) is 81.9 Å². The SMILES string of the molecule is Cc1ccnc(NC(=O)CCC(=O)N(CC(=O)NCc2ccc(F)cc2)Cc2cccs2)c1. The molecule has 7 nitrogen and oxygen atoms in total. The molecule has 0 bridgehead atoms. The number of rotatable bonds is 10. The van der Waals surface area contributed by atoms with Gasteiger partial charge in [-0.1, -0.05) is 18.2 Å². The Morgan fingerprint density at radius 3 is 2.55 bits per heavy atom. The van der Waals surface area contributed by atoms with Crippen LogP contribution in [0.15, 0.2) is 60.1 Å². The fraction of sp³-hybridized carbons (Fsp3) is 0.250. The van der Waals surface area contributed by atoms with E-state index in [1.807, 2.05) is 30.5 Å². The molecule has 2 aromatic heterocycles. The molecule has 2 heterocycles. The van der Waals surface area contributed by atoms with Crippen LogP contribution in [0.2, 0.25) is 0 Å². The maximum Gasteiger partial charge on any atom is 0.239 e. The van der Waals surface area contributed by atoms with Crippen molar-refractivity contribution in [3.63, 3.8) is 0 Å². The van der Waals surface area contributed by atoms with Gasteiger partial charge in [0.25, 0.3) is 0 Å². The number of thiophene rings is 1. The number of aryl methyl sites for hydroxylation is 1. The lowest BCUT2D eigenvalue weighted by Gasteiger charge is -2.22. The van der Waals surface area contributed by atoms with Crippen LogP contribution < -0.4 is 10.6 Å². The highest BCUT2D eigenvalue weighted by molar-refractivity contribution is 7.09. The first-order chi connectivity index (χ1) is 15.9. The molecule has 0 unspecified atom stereocenters. The van der Waals surface area contributed by atoms with Crippen molar-refractivity contribution in [2.24, 2.45) is 0 Å². The van der Waals surface area contributed by atoms with Crippen LogP contribution >= 0.6 is 11.3 Å². The van der Waals surface area contributed by atoms with E-state index in [9.17, 15) is 18.8 Å². The Bertz CT molecular complexity index is 1090. The van der Waals surface area contributed by atoms with E-state index in [-0.39, 0.29) is 56.0 Å². The standard InChI is InChI=1S/C24H25FN4O3S/c1-17-10-11-26-21(13-17)28-22(30)8-9-24(32)29(15-20-3-2-12-33-20)16-23(31)27-14-18-4-6-19(25)7-5-18/h2-7,10-13H,8-9,14-16H2,1H3,(H,27,31)(H,26,28,30). The first-order valence-corrected chi connectivity index (χ1v) is 11.3. The molecule has 2 N–H and O–H groups in total. The summed E-state index contributed by atoms with van der Waals surface area (Å²) in [6, 6.07) is 13.2. The van der Waals surface area contributed by atoms with Crippen LogP contribution in [0, 0.1) is 12.7 Å². The fourth-order valence-corrected chi connectivity index (χ4v) is 3.76. The molecule has 9 heteroatoms. The maximum absolute atomic E-state index is 13.0. The van der Waals surface area contributed by atoms with Crippen molar-refractivity contribution in [2.45, 2.75) is 32.9 Å². The van der Waals surface area contributed by atoms with Crippen LogP contribution in [0.3, 0.4) is 0 Å². The second-order valence-corrected chi connectivity index (χ2v) is 8.53. The molecule has 0 aliphatic carbocycles. The van der Waals surface area contributed by atoms with E-state index in [1.54, 1.807) is 24.4 Å². The monoisotopic (exact) mass is 468 g/mol. The van der Waals surface area contributed by atoms with Gasteiger partial charge in [-0.2, -0.15) is 0 Å². The Balaban J connectivity index is 1.54. The Morgan fingerprint density at radius 1 is 1.06 bits per heavy atom. The molecule has 3 aromatic rings. The topological polar surface area (TPSA) is 91.4 Å². The van der Waals surface area contributed by atoms with Crippen LogP contribution in [0.1, 0.15) is 28.8 Å². The van der Waals surface area contributed by atoms with Crippen LogP contribution in [-0.2, 0) is 27.5 Å². The zero-order valence-corrected chi connectivity index (χ0v) is 19.0. The van der Waals surface area contributed by atoms with Gasteiger partial charge in [0, 0.05) is 30.5 Å². The van der Waals surface area contributed by atoms with Gasteiger partial charge in [0.05, 0.1) is 13.1 Å². The molecular weight excluding hydrogens is 443 g/mol. The Morgan fingerprint density at radius 2 is 1.85 bits per heavy atom. The van der Waals surface area contributed by atoms with Gasteiger partial charge in [-0.3, -0.25) is 14.4 Å². The highest BCUT2D eigenvalue weighted by atomic mass is 32.1. The lowest BCUT2D eigenvalue weighted by molar-refractivity contribution is -0.137. The van der Waals surface area contributed by atoms with Gasteiger partial charge >= 0.3 is 0 Å². The third-order valence-electron chi connectivity index (χ3n) is 4.77. The molecular formula is C24H25FN4O3S. The average molecular weight is 469 g/mol. The summed E-state index contributed by atoms with van der Waals surface area (Å²) in [6.07, 6.45) is 1.55. The molecule has 0 saturated carbocycles. The number of benzene rings is 1. The summed E-state index contributed by atoms with van der Waals surface area (Å²) in [5, 5.41) is 7.33. The van der Waals surface area contributed by atoms with Crippen molar-refractivity contribution >= 4 is 34.9 Å². The average Bonchev–Trinajstić information content (AvgIpc) is 3.30. The summed E-state index contributed by atoms with van der Waals surface area (Å²) in [5.74, 6) is -0.869. The first-order valence-electron chi connectivity index (χ1n) is 10.4. The van der Waals surface area contributed by atoms with Crippen LogP contribution in [-0.4, -0.2) is 34.2 Å². The molecule has 1 aromatic carbocycles. The number of anilines is 1. The van der Waals surface area contributed by atoms with Crippen molar-refractivity contribution < 1.29 is 18.8 Å². The molecule has 3 amide bonds. The number of nitrogens with zero attached hydrogens (tertiary/aromatic N) is 2. The summed E-state index contributed by atoms with van der Waals surface area (Å²) in [7, 11) is 0. The molecule has 172 valence electrons. The third-order valence-corrected chi connectivity index (χ3v) is 5.63. The van der Waals surface area contributed by atoms with E-state index < -0.39 is 0 Å². The third kappa shape index (κ3) is 8.12. The molecule has 0 fully saturated rings. The zero-order chi connectivity index (χ0) is 23.6. The summed E-state index contributed by atoms with van der Waals surface area (Å²) in [5.41, 5.74) is 1.72. The number of amides is 3. The largest absolute Gasteiger partial charge is 0.350 e. The fourth-order valence-electron chi connectivity index (χ4n) is 3.04. The van der Waals surface area contributed by atoms with Crippen LogP contribution in [0.5, 0.6) is 0 Å². The van der Waals surface area contributed by atoms with Gasteiger partial charge < -0.3 is 15.5 Å². The smallest absolute Gasteiger partial charge is 0.239 e. The molecule has 3 rings (SSSR count). The number of carbonyl (C=O) groups is 3. The zero-order valence-electron chi connectivity index (χ0n) is 18.2. The number of nitrogens with one attached hydrogen (secondary N) is 2. The Hall–Kier alpha value is -3.59. The minimum Gasteiger partial charge on any atom is -0.350 e. The van der Waals surface area contributed by atoms with Crippen LogP contribution in [0.4, 0.5) is 10.2 Å². The second-order valence-electron chi connectivity index (χ2n) is 7.50. The van der Waals surface area contributed by atoms with E-state index in [0.717, 1.165) is 16.0 Å². The maximum atomic E-state index is 13.0. The van der Waals surface area contributed by atoms with Crippen molar-refractivity contribution in [3.8, 4) is 0 Å². The minimum atomic E-state index is -0.347. The Labute approximate surface area is 195 Å². The summed E-state index contributed by atoms with van der Waals surface area (Å²) in [6.45, 7) is 2.26. The van der Waals surface area contributed by atoms with E-state index in [0.29, 0.717) is 5.82 Å². The molecule has 0 aliphatic heterocycles. The lowest BCUT2D eigenvalue weighted by atomic mass is 10.2. The predicted molar refractivity (Wildman–Crippen MR) is 125 cm³/mol. The van der Waals surface area contributed by atoms with Crippen molar-refractivity contribution in [1.82, 2.24) is 15.2 Å². The molecule has 0 saturated heterocycles. The molecule has 0 radical (unpaired) electrons. The molecule has 33 heavy (non-hydrogen) atoms. The second kappa shape index (κ2) is 11.9. The molecule has 0 atom stereocenters. The lowest BCUT2D eigenvalue weighted by Crippen LogP contribution is -2.40. The van der Waals surface area contributed by atoms with Gasteiger partial charge in [0.15, 0.2) is 0 Å². The van der Waals surface area contributed by atoms with Crippen molar-refractivity contribution in [1.29, 1.82) is 0 Å². The number of hydrogen-bond donors (Lipinski definition) is 2. The predicted octanol–water partition coefficient (Wildman–Crippen LogP) is 3.65. The van der Waals surface area contributed by atoms with Gasteiger partial charge in [0.1, 0.15) is 11.6 Å². The first kappa shape index (κ1) is 24.1. The van der Waals surface area contributed by atoms with Gasteiger partial charge in [-0.15, -0.1) is 11.3 Å². The number of aromatic nitrogens is 1. The van der Waals surface area contributed by atoms with Gasteiger partial charge in [-0.25, -0.2) is 9.37 Å². The summed E-state index contributed by atoms with van der Waals surface area (Å²) >= 11 is 1.49. The van der Waals surface area contributed by atoms with E-state index in [4.69, 9.17) is 0 Å². The normalized spacial score (nSPS) is 10.5. The van der Waals surface area contributed by atoms with E-state index >= 15 is 0 Å². The number of carbonyl (C=O) groups excluding carboxylic acids is 3. The van der Waals surface area contributed by atoms with Crippen LogP contribution in [0.25, 0.3) is 0 Å². The van der Waals surface area contributed by atoms with E-state index in [2.05, 4.69) is 15.6 Å². The summed E-state index contributed by atoms with van der Waals surface area (Å²) < 4.78 is 13.0. The minimum absolute atomic E-state index is 0.0212. The van der Waals surface area contributed by atoms with Gasteiger partial charge in [0.2, 0.25) is 17.7 Å². The van der Waals surface area contributed by atoms with Crippen molar-refractivity contribution in [2.75, 3.05) is 11.9 Å². The van der Waals surface area contributed by atoms with Gasteiger partial charge in [-0.05, 0) is 53.8 Å². The highest BCUT2D eigenvalue weighted by Gasteiger charge is 2.19. The Kier molecular flexibility index (Phi) is 8.65. The summed E-state index contributed by atoms with van der Waals surface area (Å²) in [4.78, 5) is 44.0. The number of pyridine rings is 1. The molecule has 0 spiro atoms. The number of hydrogen-bond acceptors (Lipinski definition) is 5. The molecule has 0 aliphatic rings. The quantitative estimate of drug-likeness (QED) is 0.475. The number of halogens is 1. The highest BCUT2D eigenvalue weighted by Crippen LogP contribution is 2.14. The van der Waals surface area contributed by atoms with E-state index in [1.165, 1.54) is 28.4 Å².